The fourth-order valence-corrected chi connectivity index (χ4v) is 2.79. The Balaban J connectivity index is 1.89. The molecule has 1 N–H and O–H groups in total. The van der Waals surface area contributed by atoms with Gasteiger partial charge in [0.25, 0.3) is 5.91 Å². The lowest BCUT2D eigenvalue weighted by molar-refractivity contribution is 0.0473. The Morgan fingerprint density at radius 1 is 1.29 bits per heavy atom. The second kappa shape index (κ2) is 7.57. The average Bonchev–Trinajstić information content (AvgIpc) is 2.48. The number of likely N-dealkylation sites (tertiary alicyclic amines) is 1. The summed E-state index contributed by atoms with van der Waals surface area (Å²) in [5.41, 5.74) is -0.187. The molecule has 24 heavy (non-hydrogen) atoms. The number of carbonyl (C=O) groups excluding carboxylic acids is 2. The lowest BCUT2D eigenvalue weighted by atomic mass is 10.0. The number of halogens is 2. The third-order valence-electron chi connectivity index (χ3n) is 3.56. The van der Waals surface area contributed by atoms with Crippen LogP contribution in [0.3, 0.4) is 0 Å². The highest BCUT2D eigenvalue weighted by atomic mass is 35.5. The van der Waals surface area contributed by atoms with E-state index in [4.69, 9.17) is 27.9 Å². The Hall–Kier alpha value is -1.53. The number of hydrogen-bond acceptors (Lipinski definition) is 4. The number of ether oxygens (including phenoxy) is 1. The highest BCUT2D eigenvalue weighted by Crippen LogP contribution is 2.22. The van der Waals surface area contributed by atoms with Crippen molar-refractivity contribution in [3.8, 4) is 0 Å². The average molecular weight is 374 g/mol. The van der Waals surface area contributed by atoms with Gasteiger partial charge in [0, 0.05) is 25.3 Å². The van der Waals surface area contributed by atoms with Crippen molar-refractivity contribution < 1.29 is 14.3 Å². The summed E-state index contributed by atoms with van der Waals surface area (Å²) in [4.78, 5) is 29.9. The number of alkyl carbamates (subject to hydrolysis) is 1. The van der Waals surface area contributed by atoms with Gasteiger partial charge in [-0.1, -0.05) is 23.2 Å². The minimum absolute atomic E-state index is 0.0135. The Morgan fingerprint density at radius 2 is 1.92 bits per heavy atom. The molecule has 1 aromatic rings. The molecule has 0 radical (unpaired) electrons. The molecule has 0 saturated carbocycles. The Labute approximate surface area is 151 Å². The van der Waals surface area contributed by atoms with Gasteiger partial charge >= 0.3 is 6.09 Å². The summed E-state index contributed by atoms with van der Waals surface area (Å²) < 4.78 is 5.24. The number of carbonyl (C=O) groups is 2. The van der Waals surface area contributed by atoms with E-state index in [0.29, 0.717) is 31.5 Å². The number of pyridine rings is 1. The zero-order valence-electron chi connectivity index (χ0n) is 13.9. The maximum Gasteiger partial charge on any atom is 0.407 e. The van der Waals surface area contributed by atoms with Crippen LogP contribution in [0, 0.1) is 0 Å². The molecule has 132 valence electrons. The molecule has 1 saturated heterocycles. The molecular weight excluding hydrogens is 353 g/mol. The minimum Gasteiger partial charge on any atom is -0.444 e. The van der Waals surface area contributed by atoms with Crippen molar-refractivity contribution in [3.63, 3.8) is 0 Å². The van der Waals surface area contributed by atoms with E-state index in [1.165, 1.54) is 12.3 Å². The van der Waals surface area contributed by atoms with Crippen LogP contribution in [-0.2, 0) is 4.74 Å². The second-order valence-electron chi connectivity index (χ2n) is 6.70. The monoisotopic (exact) mass is 373 g/mol. The van der Waals surface area contributed by atoms with E-state index in [-0.39, 0.29) is 22.1 Å². The number of hydrogen-bond donors (Lipinski definition) is 1. The topological polar surface area (TPSA) is 71.5 Å². The zero-order valence-corrected chi connectivity index (χ0v) is 15.4. The molecule has 1 fully saturated rings. The Kier molecular flexibility index (Phi) is 5.93. The summed E-state index contributed by atoms with van der Waals surface area (Å²) >= 11 is 11.9. The zero-order chi connectivity index (χ0) is 17.9. The number of rotatable bonds is 2. The van der Waals surface area contributed by atoms with Crippen molar-refractivity contribution in [2.45, 2.75) is 45.3 Å². The van der Waals surface area contributed by atoms with Crippen LogP contribution >= 0.6 is 23.2 Å². The van der Waals surface area contributed by atoms with E-state index in [1.807, 2.05) is 20.8 Å². The summed E-state index contributed by atoms with van der Waals surface area (Å²) in [6.07, 6.45) is 2.24. The summed E-state index contributed by atoms with van der Waals surface area (Å²) in [7, 11) is 0. The van der Waals surface area contributed by atoms with Gasteiger partial charge in [-0.3, -0.25) is 4.79 Å². The number of piperidine rings is 1. The highest BCUT2D eigenvalue weighted by molar-refractivity contribution is 6.35. The minimum atomic E-state index is -0.530. The van der Waals surface area contributed by atoms with Crippen molar-refractivity contribution in [2.75, 3.05) is 13.1 Å². The van der Waals surface area contributed by atoms with Crippen molar-refractivity contribution in [2.24, 2.45) is 0 Å². The lowest BCUT2D eigenvalue weighted by Crippen LogP contribution is -2.47. The standard InChI is InChI=1S/C16H21Cl2N3O3/c1-16(2,3)24-15(23)20-10-4-6-21(7-5-10)14(22)11-8-13(18)19-9-12(11)17/h8-10H,4-7H2,1-3H3,(H,20,23). The summed E-state index contributed by atoms with van der Waals surface area (Å²) in [5, 5.41) is 3.34. The van der Waals surface area contributed by atoms with Gasteiger partial charge in [0.1, 0.15) is 10.8 Å². The van der Waals surface area contributed by atoms with Crippen molar-refractivity contribution in [3.05, 3.63) is 28.0 Å². The van der Waals surface area contributed by atoms with Crippen molar-refractivity contribution in [1.82, 2.24) is 15.2 Å². The number of nitrogens with zero attached hydrogens (tertiary/aromatic N) is 2. The molecule has 0 atom stereocenters. The Bertz CT molecular complexity index is 623. The van der Waals surface area contributed by atoms with Gasteiger partial charge < -0.3 is 15.0 Å². The normalized spacial score (nSPS) is 16.0. The molecule has 2 heterocycles. The predicted molar refractivity (Wildman–Crippen MR) is 92.6 cm³/mol. The predicted octanol–water partition coefficient (Wildman–Crippen LogP) is 3.52. The molecule has 1 aliphatic heterocycles. The molecule has 6 nitrogen and oxygen atoms in total. The van der Waals surface area contributed by atoms with Crippen LogP contribution in [0.4, 0.5) is 4.79 Å². The van der Waals surface area contributed by atoms with E-state index in [9.17, 15) is 9.59 Å². The molecule has 1 aliphatic rings. The van der Waals surface area contributed by atoms with E-state index in [0.717, 1.165) is 0 Å². The SMILES string of the molecule is CC(C)(C)OC(=O)NC1CCN(C(=O)c2cc(Cl)ncc2Cl)CC1. The molecule has 0 spiro atoms. The fourth-order valence-electron chi connectivity index (χ4n) is 2.45. The molecule has 1 aromatic heterocycles. The first kappa shape index (κ1) is 18.8. The van der Waals surface area contributed by atoms with Crippen LogP contribution in [0.25, 0.3) is 0 Å². The molecule has 2 rings (SSSR count). The van der Waals surface area contributed by atoms with E-state index in [1.54, 1.807) is 4.90 Å². The summed E-state index contributed by atoms with van der Waals surface area (Å²) in [5.74, 6) is -0.181. The lowest BCUT2D eigenvalue weighted by Gasteiger charge is -2.33. The second-order valence-corrected chi connectivity index (χ2v) is 7.49. The first-order valence-corrected chi connectivity index (χ1v) is 8.51. The van der Waals surface area contributed by atoms with Gasteiger partial charge in [-0.2, -0.15) is 0 Å². The first-order chi connectivity index (χ1) is 11.2. The fraction of sp³-hybridized carbons (Fsp3) is 0.562. The maximum absolute atomic E-state index is 12.5. The highest BCUT2D eigenvalue weighted by Gasteiger charge is 2.27. The van der Waals surface area contributed by atoms with Gasteiger partial charge in [0.2, 0.25) is 0 Å². The van der Waals surface area contributed by atoms with Crippen molar-refractivity contribution in [1.29, 1.82) is 0 Å². The van der Waals surface area contributed by atoms with Gasteiger partial charge in [0.05, 0.1) is 10.6 Å². The van der Waals surface area contributed by atoms with Crippen LogP contribution in [0.1, 0.15) is 44.0 Å². The molecular formula is C16H21Cl2N3O3. The van der Waals surface area contributed by atoms with Gasteiger partial charge in [0.15, 0.2) is 0 Å². The molecule has 0 unspecified atom stereocenters. The van der Waals surface area contributed by atoms with E-state index >= 15 is 0 Å². The third kappa shape index (κ3) is 5.24. The molecule has 0 bridgehead atoms. The van der Waals surface area contributed by atoms with Crippen LogP contribution in [0.15, 0.2) is 12.3 Å². The van der Waals surface area contributed by atoms with Crippen LogP contribution in [0.5, 0.6) is 0 Å². The number of aromatic nitrogens is 1. The largest absolute Gasteiger partial charge is 0.444 e. The van der Waals surface area contributed by atoms with Gasteiger partial charge in [-0.25, -0.2) is 9.78 Å². The molecule has 0 aliphatic carbocycles. The number of amides is 2. The Morgan fingerprint density at radius 3 is 2.50 bits per heavy atom. The third-order valence-corrected chi connectivity index (χ3v) is 4.06. The molecule has 0 aromatic carbocycles. The summed E-state index contributed by atoms with van der Waals surface area (Å²) in [6.45, 7) is 6.50. The van der Waals surface area contributed by atoms with Gasteiger partial charge in [-0.05, 0) is 39.7 Å². The number of nitrogens with one attached hydrogen (secondary N) is 1. The van der Waals surface area contributed by atoms with E-state index in [2.05, 4.69) is 10.3 Å². The van der Waals surface area contributed by atoms with Crippen LogP contribution in [-0.4, -0.2) is 46.6 Å². The summed E-state index contributed by atoms with van der Waals surface area (Å²) in [6, 6.07) is 1.46. The molecule has 8 heteroatoms. The van der Waals surface area contributed by atoms with Gasteiger partial charge in [-0.15, -0.1) is 0 Å². The maximum atomic E-state index is 12.5. The first-order valence-electron chi connectivity index (χ1n) is 7.75. The van der Waals surface area contributed by atoms with Crippen molar-refractivity contribution >= 4 is 35.2 Å². The van der Waals surface area contributed by atoms with E-state index < -0.39 is 11.7 Å². The van der Waals surface area contributed by atoms with Crippen LogP contribution in [0.2, 0.25) is 10.2 Å². The quantitative estimate of drug-likeness (QED) is 0.804. The van der Waals surface area contributed by atoms with Crippen LogP contribution < -0.4 is 5.32 Å². The smallest absolute Gasteiger partial charge is 0.407 e. The molecule has 2 amide bonds.